The molecule has 1 aromatic carbocycles. The molecular formula is C14H14N2O2S. The zero-order valence-electron chi connectivity index (χ0n) is 10.5. The van der Waals surface area contributed by atoms with Crippen LogP contribution in [-0.2, 0) is 6.42 Å². The van der Waals surface area contributed by atoms with E-state index in [-0.39, 0.29) is 5.91 Å². The van der Waals surface area contributed by atoms with Crippen molar-refractivity contribution >= 4 is 28.8 Å². The molecule has 0 unspecified atom stereocenters. The Hall–Kier alpha value is -2.14. The number of anilines is 1. The third kappa shape index (κ3) is 3.20. The Labute approximate surface area is 115 Å². The first-order valence-corrected chi connectivity index (χ1v) is 6.71. The van der Waals surface area contributed by atoms with Gasteiger partial charge in [-0.3, -0.25) is 9.59 Å². The first kappa shape index (κ1) is 13.3. The number of benzene rings is 1. The van der Waals surface area contributed by atoms with Crippen molar-refractivity contribution < 1.29 is 9.59 Å². The van der Waals surface area contributed by atoms with Gasteiger partial charge in [-0.05, 0) is 42.8 Å². The van der Waals surface area contributed by atoms with Gasteiger partial charge in [-0.15, -0.1) is 11.3 Å². The van der Waals surface area contributed by atoms with Crippen LogP contribution in [0.3, 0.4) is 0 Å². The number of thiophene rings is 1. The average molecular weight is 274 g/mol. The summed E-state index contributed by atoms with van der Waals surface area (Å²) >= 11 is 1.48. The number of primary amides is 1. The maximum absolute atomic E-state index is 12.0. The van der Waals surface area contributed by atoms with Gasteiger partial charge in [-0.2, -0.15) is 0 Å². The number of hydrogen-bond acceptors (Lipinski definition) is 3. The van der Waals surface area contributed by atoms with Crippen molar-refractivity contribution in [3.63, 3.8) is 0 Å². The van der Waals surface area contributed by atoms with Crippen LogP contribution < -0.4 is 11.1 Å². The standard InChI is InChI=1S/C14H14N2O2S/c1-2-11-7-8-12(19-11)14(18)16-10-5-3-9(4-6-10)13(15)17/h3-8H,2H2,1H3,(H2,15,17)(H,16,18). The van der Waals surface area contributed by atoms with E-state index in [9.17, 15) is 9.59 Å². The molecule has 2 amide bonds. The van der Waals surface area contributed by atoms with Gasteiger partial charge in [-0.1, -0.05) is 6.92 Å². The Kier molecular flexibility index (Phi) is 3.97. The topological polar surface area (TPSA) is 72.2 Å². The highest BCUT2D eigenvalue weighted by molar-refractivity contribution is 7.14. The molecule has 2 aromatic rings. The lowest BCUT2D eigenvalue weighted by atomic mass is 10.2. The van der Waals surface area contributed by atoms with Crippen molar-refractivity contribution in [2.24, 2.45) is 5.73 Å². The lowest BCUT2D eigenvalue weighted by molar-refractivity contribution is 0.0998. The SMILES string of the molecule is CCc1ccc(C(=O)Nc2ccc(C(N)=O)cc2)s1. The van der Waals surface area contributed by atoms with Gasteiger partial charge in [0.15, 0.2) is 0 Å². The largest absolute Gasteiger partial charge is 0.366 e. The number of aryl methyl sites for hydroxylation is 1. The quantitative estimate of drug-likeness (QED) is 0.899. The minimum Gasteiger partial charge on any atom is -0.366 e. The summed E-state index contributed by atoms with van der Waals surface area (Å²) in [5, 5.41) is 2.78. The third-order valence-electron chi connectivity index (χ3n) is 2.66. The molecule has 98 valence electrons. The molecule has 5 heteroatoms. The summed E-state index contributed by atoms with van der Waals surface area (Å²) in [6.07, 6.45) is 0.922. The second-order valence-corrected chi connectivity index (χ2v) is 5.18. The van der Waals surface area contributed by atoms with Crippen molar-refractivity contribution in [3.8, 4) is 0 Å². The average Bonchev–Trinajstić information content (AvgIpc) is 2.88. The van der Waals surface area contributed by atoms with E-state index in [1.54, 1.807) is 24.3 Å². The molecule has 0 aliphatic carbocycles. The van der Waals surface area contributed by atoms with Crippen molar-refractivity contribution in [2.45, 2.75) is 13.3 Å². The van der Waals surface area contributed by atoms with E-state index in [2.05, 4.69) is 12.2 Å². The van der Waals surface area contributed by atoms with Gasteiger partial charge in [0.2, 0.25) is 5.91 Å². The van der Waals surface area contributed by atoms with Crippen LogP contribution in [0.15, 0.2) is 36.4 Å². The Bertz CT molecular complexity index is 602. The predicted molar refractivity (Wildman–Crippen MR) is 76.6 cm³/mol. The Morgan fingerprint density at radius 1 is 1.16 bits per heavy atom. The van der Waals surface area contributed by atoms with E-state index in [4.69, 9.17) is 5.73 Å². The second kappa shape index (κ2) is 5.67. The third-order valence-corrected chi connectivity index (χ3v) is 3.89. The molecule has 0 spiro atoms. The summed E-state index contributed by atoms with van der Waals surface area (Å²) < 4.78 is 0. The number of amides is 2. The van der Waals surface area contributed by atoms with Gasteiger partial charge in [0.05, 0.1) is 4.88 Å². The van der Waals surface area contributed by atoms with E-state index in [0.29, 0.717) is 16.1 Å². The van der Waals surface area contributed by atoms with E-state index in [0.717, 1.165) is 6.42 Å². The molecule has 0 fully saturated rings. The summed E-state index contributed by atoms with van der Waals surface area (Å²) in [6, 6.07) is 10.3. The highest BCUT2D eigenvalue weighted by Crippen LogP contribution is 2.18. The van der Waals surface area contributed by atoms with Crippen LogP contribution in [0.2, 0.25) is 0 Å². The molecule has 0 aliphatic heterocycles. The molecule has 0 saturated heterocycles. The molecule has 1 aromatic heterocycles. The van der Waals surface area contributed by atoms with Crippen LogP contribution in [0.4, 0.5) is 5.69 Å². The van der Waals surface area contributed by atoms with Crippen LogP contribution in [0.1, 0.15) is 31.8 Å². The maximum atomic E-state index is 12.0. The zero-order chi connectivity index (χ0) is 13.8. The molecule has 19 heavy (non-hydrogen) atoms. The van der Waals surface area contributed by atoms with Crippen LogP contribution >= 0.6 is 11.3 Å². The minimum absolute atomic E-state index is 0.142. The summed E-state index contributed by atoms with van der Waals surface area (Å²) in [6.45, 7) is 2.05. The smallest absolute Gasteiger partial charge is 0.265 e. The Morgan fingerprint density at radius 2 is 1.84 bits per heavy atom. The molecule has 1 heterocycles. The van der Waals surface area contributed by atoms with E-state index in [1.165, 1.54) is 16.2 Å². The molecule has 0 aliphatic rings. The number of carbonyl (C=O) groups excluding carboxylic acids is 2. The molecule has 0 bridgehead atoms. The van der Waals surface area contributed by atoms with Gasteiger partial charge >= 0.3 is 0 Å². The predicted octanol–water partition coefficient (Wildman–Crippen LogP) is 2.66. The fourth-order valence-corrected chi connectivity index (χ4v) is 2.44. The molecule has 0 saturated carbocycles. The van der Waals surface area contributed by atoms with Crippen LogP contribution in [-0.4, -0.2) is 11.8 Å². The van der Waals surface area contributed by atoms with Crippen molar-refractivity contribution in [2.75, 3.05) is 5.32 Å². The molecule has 2 rings (SSSR count). The highest BCUT2D eigenvalue weighted by Gasteiger charge is 2.09. The van der Waals surface area contributed by atoms with Crippen molar-refractivity contribution in [3.05, 3.63) is 51.7 Å². The summed E-state index contributed by atoms with van der Waals surface area (Å²) in [5.74, 6) is -0.625. The minimum atomic E-state index is -0.483. The van der Waals surface area contributed by atoms with Crippen LogP contribution in [0.5, 0.6) is 0 Å². The number of carbonyl (C=O) groups is 2. The van der Waals surface area contributed by atoms with Crippen molar-refractivity contribution in [1.29, 1.82) is 0 Å². The number of rotatable bonds is 4. The Balaban J connectivity index is 2.08. The fraction of sp³-hybridized carbons (Fsp3) is 0.143. The Morgan fingerprint density at radius 3 is 2.37 bits per heavy atom. The van der Waals surface area contributed by atoms with Gasteiger partial charge < -0.3 is 11.1 Å². The van der Waals surface area contributed by atoms with E-state index >= 15 is 0 Å². The van der Waals surface area contributed by atoms with Gasteiger partial charge in [0, 0.05) is 16.1 Å². The lowest BCUT2D eigenvalue weighted by Gasteiger charge is -2.04. The molecular weight excluding hydrogens is 260 g/mol. The first-order chi connectivity index (χ1) is 9.10. The zero-order valence-corrected chi connectivity index (χ0v) is 11.3. The maximum Gasteiger partial charge on any atom is 0.265 e. The normalized spacial score (nSPS) is 10.2. The fourth-order valence-electron chi connectivity index (χ4n) is 1.60. The molecule has 4 nitrogen and oxygen atoms in total. The summed E-state index contributed by atoms with van der Waals surface area (Å²) in [7, 11) is 0. The first-order valence-electron chi connectivity index (χ1n) is 5.90. The molecule has 0 radical (unpaired) electrons. The second-order valence-electron chi connectivity index (χ2n) is 4.02. The van der Waals surface area contributed by atoms with E-state index in [1.807, 2.05) is 12.1 Å². The summed E-state index contributed by atoms with van der Waals surface area (Å²) in [5.41, 5.74) is 6.21. The van der Waals surface area contributed by atoms with Crippen molar-refractivity contribution in [1.82, 2.24) is 0 Å². The van der Waals surface area contributed by atoms with E-state index < -0.39 is 5.91 Å². The lowest BCUT2D eigenvalue weighted by Crippen LogP contribution is -2.12. The number of nitrogens with two attached hydrogens (primary N) is 1. The number of nitrogens with one attached hydrogen (secondary N) is 1. The van der Waals surface area contributed by atoms with Gasteiger partial charge in [-0.25, -0.2) is 0 Å². The highest BCUT2D eigenvalue weighted by atomic mass is 32.1. The summed E-state index contributed by atoms with van der Waals surface area (Å²) in [4.78, 5) is 24.7. The van der Waals surface area contributed by atoms with Gasteiger partial charge in [0.25, 0.3) is 5.91 Å². The van der Waals surface area contributed by atoms with Crippen LogP contribution in [0, 0.1) is 0 Å². The van der Waals surface area contributed by atoms with Gasteiger partial charge in [0.1, 0.15) is 0 Å². The van der Waals surface area contributed by atoms with Crippen LogP contribution in [0.25, 0.3) is 0 Å². The number of hydrogen-bond donors (Lipinski definition) is 2. The molecule has 0 atom stereocenters. The monoisotopic (exact) mass is 274 g/mol. The molecule has 3 N–H and O–H groups in total.